The van der Waals surface area contributed by atoms with Gasteiger partial charge in [-0.2, -0.15) is 0 Å². The molecule has 0 saturated carbocycles. The summed E-state index contributed by atoms with van der Waals surface area (Å²) in [7, 11) is 3.27. The first-order valence-electron chi connectivity index (χ1n) is 8.98. The van der Waals surface area contributed by atoms with Crippen molar-refractivity contribution in [2.75, 3.05) is 33.7 Å². The predicted molar refractivity (Wildman–Crippen MR) is 93.6 cm³/mol. The highest BCUT2D eigenvalue weighted by Crippen LogP contribution is 2.29. The van der Waals surface area contributed by atoms with Crippen molar-refractivity contribution >= 4 is 17.7 Å². The van der Waals surface area contributed by atoms with Gasteiger partial charge in [0.1, 0.15) is 18.2 Å². The first kappa shape index (κ1) is 19.3. The van der Waals surface area contributed by atoms with Crippen LogP contribution in [0.1, 0.15) is 18.4 Å². The Kier molecular flexibility index (Phi) is 5.43. The van der Waals surface area contributed by atoms with Crippen LogP contribution in [0.2, 0.25) is 0 Å². The Labute approximate surface area is 156 Å². The van der Waals surface area contributed by atoms with Gasteiger partial charge in [-0.15, -0.1) is 0 Å². The highest BCUT2D eigenvalue weighted by atomic mass is 19.1. The lowest BCUT2D eigenvalue weighted by Crippen LogP contribution is -2.51. The fraction of sp³-hybridized carbons (Fsp3) is 0.526. The van der Waals surface area contributed by atoms with Crippen molar-refractivity contribution in [3.05, 3.63) is 35.4 Å². The average Bonchev–Trinajstić information content (AvgIpc) is 2.86. The van der Waals surface area contributed by atoms with Gasteiger partial charge in [0.25, 0.3) is 0 Å². The van der Waals surface area contributed by atoms with E-state index in [1.54, 1.807) is 23.9 Å². The van der Waals surface area contributed by atoms with Crippen molar-refractivity contribution < 1.29 is 23.2 Å². The number of halogens is 2. The molecule has 4 rings (SSSR count). The lowest BCUT2D eigenvalue weighted by atomic mass is 9.94. The van der Waals surface area contributed by atoms with Crippen molar-refractivity contribution in [3.63, 3.8) is 0 Å². The van der Waals surface area contributed by atoms with Crippen LogP contribution in [-0.4, -0.2) is 72.2 Å². The predicted octanol–water partition coefficient (Wildman–Crippen LogP) is 1.04. The lowest BCUT2D eigenvalue weighted by molar-refractivity contribution is -0.145. The number of hydrogen-bond donors (Lipinski definition) is 0. The number of rotatable bonds is 4. The second kappa shape index (κ2) is 7.62. The molecule has 0 N–H and O–H groups in total. The molecule has 3 aliphatic heterocycles. The van der Waals surface area contributed by atoms with Crippen LogP contribution in [0.15, 0.2) is 18.2 Å². The Morgan fingerprint density at radius 2 is 1.78 bits per heavy atom. The minimum Gasteiger partial charge on any atom is -0.347 e. The Morgan fingerprint density at radius 1 is 1.11 bits per heavy atom. The molecule has 6 nitrogen and oxygen atoms in total. The summed E-state index contributed by atoms with van der Waals surface area (Å²) in [5, 5.41) is 0. The van der Waals surface area contributed by atoms with Gasteiger partial charge in [0.2, 0.25) is 17.7 Å². The minimum absolute atomic E-state index is 0.00411. The summed E-state index contributed by atoms with van der Waals surface area (Å²) in [6.07, 6.45) is 1.28. The van der Waals surface area contributed by atoms with Crippen molar-refractivity contribution in [2.45, 2.75) is 25.3 Å². The monoisotopic (exact) mass is 379 g/mol. The van der Waals surface area contributed by atoms with Gasteiger partial charge in [-0.05, 0) is 30.5 Å². The summed E-state index contributed by atoms with van der Waals surface area (Å²) < 4.78 is 26.7. The summed E-state index contributed by atoms with van der Waals surface area (Å²) in [6, 6.07) is 2.83. The van der Waals surface area contributed by atoms with Crippen LogP contribution in [0, 0.1) is 17.6 Å². The van der Waals surface area contributed by atoms with Crippen molar-refractivity contribution in [2.24, 2.45) is 5.92 Å². The third-order valence-corrected chi connectivity index (χ3v) is 5.23. The molecule has 27 heavy (non-hydrogen) atoms. The number of fused-ring (bicyclic) bond motifs is 4. The van der Waals surface area contributed by atoms with E-state index >= 15 is 0 Å². The van der Waals surface area contributed by atoms with Crippen LogP contribution in [0.4, 0.5) is 8.78 Å². The van der Waals surface area contributed by atoms with E-state index in [0.717, 1.165) is 24.6 Å². The van der Waals surface area contributed by atoms with Crippen molar-refractivity contribution in [1.82, 2.24) is 14.7 Å². The zero-order valence-electron chi connectivity index (χ0n) is 15.5. The first-order valence-corrected chi connectivity index (χ1v) is 8.98. The molecule has 3 amide bonds. The molecular weight excluding hydrogens is 356 g/mol. The smallest absolute Gasteiger partial charge is 0.241 e. The third-order valence-electron chi connectivity index (χ3n) is 5.23. The fourth-order valence-corrected chi connectivity index (χ4v) is 3.74. The number of carbonyl (C=O) groups is 3. The largest absolute Gasteiger partial charge is 0.347 e. The molecule has 1 aromatic rings. The molecule has 2 atom stereocenters. The molecule has 0 spiro atoms. The van der Waals surface area contributed by atoms with E-state index < -0.39 is 11.6 Å². The van der Waals surface area contributed by atoms with Crippen LogP contribution in [0.25, 0.3) is 0 Å². The second-order valence-electron chi connectivity index (χ2n) is 7.44. The van der Waals surface area contributed by atoms with E-state index in [4.69, 9.17) is 0 Å². The zero-order valence-corrected chi connectivity index (χ0v) is 15.5. The van der Waals surface area contributed by atoms with Gasteiger partial charge < -0.3 is 14.7 Å². The molecule has 2 bridgehead atoms. The van der Waals surface area contributed by atoms with Crippen LogP contribution in [0.3, 0.4) is 0 Å². The highest BCUT2D eigenvalue weighted by Gasteiger charge is 2.42. The first-order chi connectivity index (χ1) is 12.7. The van der Waals surface area contributed by atoms with Gasteiger partial charge in [-0.1, -0.05) is 0 Å². The molecule has 0 aliphatic carbocycles. The van der Waals surface area contributed by atoms with Gasteiger partial charge in [0.15, 0.2) is 0 Å². The lowest BCUT2D eigenvalue weighted by Gasteiger charge is -2.35. The van der Waals surface area contributed by atoms with Gasteiger partial charge in [-0.3, -0.25) is 14.4 Å². The summed E-state index contributed by atoms with van der Waals surface area (Å²) >= 11 is 0. The zero-order chi connectivity index (χ0) is 19.7. The molecule has 0 radical (unpaired) electrons. The quantitative estimate of drug-likeness (QED) is 0.786. The number of piperidine rings is 1. The topological polar surface area (TPSA) is 60.9 Å². The number of likely N-dealkylation sites (N-methyl/N-ethyl adjacent to an activating group) is 1. The van der Waals surface area contributed by atoms with Gasteiger partial charge in [0, 0.05) is 39.3 Å². The number of benzene rings is 1. The molecule has 3 heterocycles. The maximum absolute atomic E-state index is 13.4. The molecule has 3 aliphatic rings. The maximum atomic E-state index is 13.4. The van der Waals surface area contributed by atoms with Crippen LogP contribution < -0.4 is 0 Å². The fourth-order valence-electron chi connectivity index (χ4n) is 3.74. The molecular formula is C19H23F2N3O3. The summed E-state index contributed by atoms with van der Waals surface area (Å²) in [6.45, 7) is 0.613. The average molecular weight is 379 g/mol. The van der Waals surface area contributed by atoms with Gasteiger partial charge in [0.05, 0.1) is 12.3 Å². The molecule has 0 aromatic heterocycles. The van der Waals surface area contributed by atoms with Gasteiger partial charge >= 0.3 is 0 Å². The molecule has 146 valence electrons. The third kappa shape index (κ3) is 4.26. The Morgan fingerprint density at radius 3 is 2.41 bits per heavy atom. The Bertz CT molecular complexity index is 748. The standard InChI is InChI=1S/C19H23F2N3O3/c1-22(2)18(26)11-24-16-4-3-13(19(24)27)9-23(10-16)17(25)7-12-5-14(20)8-15(21)6-12/h5-6,8,13,16H,3-4,7,9-11H2,1-2H3/t13-,16+/m0/s1. The number of nitrogens with zero attached hydrogens (tertiary/aromatic N) is 3. The molecule has 0 unspecified atom stereocenters. The number of hydrogen-bond acceptors (Lipinski definition) is 3. The second-order valence-corrected chi connectivity index (χ2v) is 7.44. The minimum atomic E-state index is -0.725. The summed E-state index contributed by atoms with van der Waals surface area (Å²) in [4.78, 5) is 42.0. The SMILES string of the molecule is CN(C)C(=O)CN1C(=O)[C@H]2CC[C@@H]1CN(C(=O)Cc1cc(F)cc(F)c1)C2. The Balaban J connectivity index is 1.72. The molecule has 3 saturated heterocycles. The van der Waals surface area contributed by atoms with E-state index in [2.05, 4.69) is 0 Å². The van der Waals surface area contributed by atoms with E-state index in [1.807, 2.05) is 0 Å². The van der Waals surface area contributed by atoms with E-state index in [9.17, 15) is 23.2 Å². The summed E-state index contributed by atoms with van der Waals surface area (Å²) in [5.74, 6) is -2.33. The van der Waals surface area contributed by atoms with Crippen LogP contribution in [-0.2, 0) is 20.8 Å². The number of amides is 3. The van der Waals surface area contributed by atoms with Crippen molar-refractivity contribution in [3.8, 4) is 0 Å². The maximum Gasteiger partial charge on any atom is 0.241 e. The molecule has 3 fully saturated rings. The number of carbonyl (C=O) groups excluding carboxylic acids is 3. The van der Waals surface area contributed by atoms with Crippen LogP contribution >= 0.6 is 0 Å². The van der Waals surface area contributed by atoms with Gasteiger partial charge in [-0.25, -0.2) is 8.78 Å². The summed E-state index contributed by atoms with van der Waals surface area (Å²) in [5.41, 5.74) is 0.264. The van der Waals surface area contributed by atoms with E-state index in [-0.39, 0.29) is 54.8 Å². The molecule has 8 heteroatoms. The van der Waals surface area contributed by atoms with Crippen LogP contribution in [0.5, 0.6) is 0 Å². The normalized spacial score (nSPS) is 22.0. The van der Waals surface area contributed by atoms with Crippen molar-refractivity contribution in [1.29, 1.82) is 0 Å². The molecule has 1 aromatic carbocycles. The van der Waals surface area contributed by atoms with E-state index in [1.165, 1.54) is 4.90 Å². The Hall–Kier alpha value is -2.51. The van der Waals surface area contributed by atoms with E-state index in [0.29, 0.717) is 13.0 Å². The highest BCUT2D eigenvalue weighted by molar-refractivity contribution is 5.88.